The fraction of sp³-hybridized carbons (Fsp3) is 0.0667. The van der Waals surface area contributed by atoms with Crippen LogP contribution in [0.25, 0.3) is 23.0 Å². The molecule has 11 heteroatoms. The molecule has 0 atom stereocenters. The van der Waals surface area contributed by atoms with E-state index in [1.807, 2.05) is 0 Å². The molecule has 4 rings (SSSR count). The van der Waals surface area contributed by atoms with E-state index in [1.165, 1.54) is 30.2 Å². The van der Waals surface area contributed by atoms with Crippen molar-refractivity contribution >= 4 is 17.4 Å². The third-order valence-corrected chi connectivity index (χ3v) is 4.04. The monoisotopic (exact) mass is 371 g/mol. The molecule has 0 bridgehead atoms. The second-order valence-electron chi connectivity index (χ2n) is 4.96. The Kier molecular flexibility index (Phi) is 4.19. The Morgan fingerprint density at radius 2 is 2.12 bits per heavy atom. The minimum absolute atomic E-state index is 0.0421. The van der Waals surface area contributed by atoms with E-state index in [4.69, 9.17) is 13.4 Å². The number of rotatable bonds is 6. The second kappa shape index (κ2) is 6.80. The predicted molar refractivity (Wildman–Crippen MR) is 87.9 cm³/mol. The number of non-ortho nitro benzene ring substituents is 1. The van der Waals surface area contributed by atoms with Crippen LogP contribution in [0.4, 0.5) is 5.69 Å². The average molecular weight is 371 g/mol. The summed E-state index contributed by atoms with van der Waals surface area (Å²) in [5.41, 5.74) is 0.455. The first kappa shape index (κ1) is 16.0. The van der Waals surface area contributed by atoms with E-state index in [1.54, 1.807) is 24.3 Å². The maximum Gasteiger partial charge on any atom is 0.284 e. The van der Waals surface area contributed by atoms with Crippen molar-refractivity contribution in [1.82, 2.24) is 20.3 Å². The number of aromatic nitrogens is 4. The van der Waals surface area contributed by atoms with Crippen molar-refractivity contribution in [3.05, 3.63) is 58.7 Å². The standard InChI is InChI=1S/C15H9N5O5S/c21-20(22)10-4-1-3-9(7-10)13-16-12(25-19-13)8-26-15-18-17-14(24-15)11-5-2-6-23-11/h1-7H,8H2. The van der Waals surface area contributed by atoms with Gasteiger partial charge < -0.3 is 13.4 Å². The number of nitro groups is 1. The van der Waals surface area contributed by atoms with Crippen LogP contribution < -0.4 is 0 Å². The lowest BCUT2D eigenvalue weighted by molar-refractivity contribution is -0.384. The number of hydrogen-bond acceptors (Lipinski definition) is 10. The Bertz CT molecular complexity index is 1040. The smallest absolute Gasteiger partial charge is 0.284 e. The van der Waals surface area contributed by atoms with Gasteiger partial charge in [0.05, 0.1) is 16.9 Å². The molecule has 3 aromatic heterocycles. The highest BCUT2D eigenvalue weighted by molar-refractivity contribution is 7.98. The Hall–Kier alpha value is -3.47. The Balaban J connectivity index is 1.44. The van der Waals surface area contributed by atoms with Crippen molar-refractivity contribution in [2.45, 2.75) is 11.0 Å². The molecule has 0 amide bonds. The highest BCUT2D eigenvalue weighted by Crippen LogP contribution is 2.27. The van der Waals surface area contributed by atoms with E-state index < -0.39 is 4.92 Å². The van der Waals surface area contributed by atoms with Gasteiger partial charge >= 0.3 is 0 Å². The normalized spacial score (nSPS) is 10.9. The van der Waals surface area contributed by atoms with Crippen molar-refractivity contribution in [1.29, 1.82) is 0 Å². The molecule has 0 aliphatic carbocycles. The summed E-state index contributed by atoms with van der Waals surface area (Å²) in [6.07, 6.45) is 1.51. The molecule has 1 aromatic carbocycles. The molecule has 0 aliphatic rings. The quantitative estimate of drug-likeness (QED) is 0.281. The zero-order valence-corrected chi connectivity index (χ0v) is 13.8. The highest BCUT2D eigenvalue weighted by atomic mass is 32.2. The van der Waals surface area contributed by atoms with Gasteiger partial charge in [-0.2, -0.15) is 4.98 Å². The molecule has 0 saturated heterocycles. The van der Waals surface area contributed by atoms with Gasteiger partial charge in [-0.1, -0.05) is 29.1 Å². The molecule has 4 aromatic rings. The first-order valence-corrected chi connectivity index (χ1v) is 8.25. The molecule has 26 heavy (non-hydrogen) atoms. The number of furan rings is 1. The van der Waals surface area contributed by atoms with Crippen molar-refractivity contribution in [2.24, 2.45) is 0 Å². The Morgan fingerprint density at radius 1 is 1.19 bits per heavy atom. The van der Waals surface area contributed by atoms with Crippen LogP contribution in [0.3, 0.4) is 0 Å². The van der Waals surface area contributed by atoms with Gasteiger partial charge in [0.1, 0.15) is 0 Å². The SMILES string of the molecule is O=[N+]([O-])c1cccc(-c2noc(CSc3nnc(-c4ccco4)o3)n2)c1. The number of nitro benzene ring substituents is 1. The maximum atomic E-state index is 10.8. The minimum Gasteiger partial charge on any atom is -0.459 e. The molecule has 10 nitrogen and oxygen atoms in total. The topological polar surface area (TPSA) is 134 Å². The summed E-state index contributed by atoms with van der Waals surface area (Å²) >= 11 is 1.22. The largest absolute Gasteiger partial charge is 0.459 e. The van der Waals surface area contributed by atoms with E-state index in [2.05, 4.69) is 20.3 Å². The molecular formula is C15H9N5O5S. The summed E-state index contributed by atoms with van der Waals surface area (Å²) in [4.78, 5) is 14.6. The fourth-order valence-electron chi connectivity index (χ4n) is 2.08. The second-order valence-corrected chi connectivity index (χ2v) is 5.88. The van der Waals surface area contributed by atoms with Crippen LogP contribution in [0.2, 0.25) is 0 Å². The molecule has 0 aliphatic heterocycles. The van der Waals surface area contributed by atoms with Crippen molar-refractivity contribution in [3.63, 3.8) is 0 Å². The van der Waals surface area contributed by atoms with Crippen LogP contribution in [0.1, 0.15) is 5.89 Å². The molecule has 0 spiro atoms. The number of benzene rings is 1. The fourth-order valence-corrected chi connectivity index (χ4v) is 2.68. The maximum absolute atomic E-state index is 10.8. The summed E-state index contributed by atoms with van der Waals surface area (Å²) in [6, 6.07) is 9.45. The van der Waals surface area contributed by atoms with Gasteiger partial charge in [0.25, 0.3) is 16.8 Å². The predicted octanol–water partition coefficient (Wildman–Crippen LogP) is 3.58. The summed E-state index contributed by atoms with van der Waals surface area (Å²) in [7, 11) is 0. The molecule has 0 radical (unpaired) electrons. The van der Waals surface area contributed by atoms with Crippen molar-refractivity contribution in [2.75, 3.05) is 0 Å². The first-order valence-electron chi connectivity index (χ1n) is 7.26. The zero-order chi connectivity index (χ0) is 17.9. The van der Waals surface area contributed by atoms with Crippen LogP contribution in [-0.2, 0) is 5.75 Å². The third kappa shape index (κ3) is 3.32. The van der Waals surface area contributed by atoms with Gasteiger partial charge in [0.2, 0.25) is 11.7 Å². The van der Waals surface area contributed by atoms with Crippen LogP contribution in [0.15, 0.2) is 61.2 Å². The van der Waals surface area contributed by atoms with Gasteiger partial charge in [-0.25, -0.2) is 0 Å². The van der Waals surface area contributed by atoms with E-state index in [9.17, 15) is 10.1 Å². The van der Waals surface area contributed by atoms with E-state index >= 15 is 0 Å². The summed E-state index contributed by atoms with van der Waals surface area (Å²) < 4.78 is 15.8. The number of hydrogen-bond donors (Lipinski definition) is 0. The lowest BCUT2D eigenvalue weighted by atomic mass is 10.2. The van der Waals surface area contributed by atoms with Gasteiger partial charge in [-0.3, -0.25) is 10.1 Å². The molecule has 0 N–H and O–H groups in total. The number of nitrogens with zero attached hydrogens (tertiary/aromatic N) is 5. The van der Waals surface area contributed by atoms with Gasteiger partial charge in [-0.05, 0) is 12.1 Å². The molecular weight excluding hydrogens is 362 g/mol. The third-order valence-electron chi connectivity index (χ3n) is 3.24. The molecule has 130 valence electrons. The summed E-state index contributed by atoms with van der Waals surface area (Å²) in [5.74, 6) is 1.66. The summed E-state index contributed by atoms with van der Waals surface area (Å²) in [6.45, 7) is 0. The minimum atomic E-state index is -0.480. The van der Waals surface area contributed by atoms with Crippen molar-refractivity contribution in [3.8, 4) is 23.0 Å². The molecule has 0 fully saturated rings. The Morgan fingerprint density at radius 3 is 2.92 bits per heavy atom. The van der Waals surface area contributed by atoms with Gasteiger partial charge in [0.15, 0.2) is 5.76 Å². The lowest BCUT2D eigenvalue weighted by Crippen LogP contribution is -1.89. The Labute approximate surface area is 149 Å². The molecule has 0 unspecified atom stereocenters. The van der Waals surface area contributed by atoms with Crippen LogP contribution in [-0.4, -0.2) is 25.3 Å². The average Bonchev–Trinajstić information content (AvgIpc) is 3.40. The highest BCUT2D eigenvalue weighted by Gasteiger charge is 2.15. The van der Waals surface area contributed by atoms with Crippen LogP contribution in [0.5, 0.6) is 0 Å². The number of thioether (sulfide) groups is 1. The van der Waals surface area contributed by atoms with Crippen molar-refractivity contribution < 1.29 is 18.3 Å². The van der Waals surface area contributed by atoms with Crippen LogP contribution >= 0.6 is 11.8 Å². The molecule has 3 heterocycles. The summed E-state index contributed by atoms with van der Waals surface area (Å²) in [5, 5.41) is 22.8. The van der Waals surface area contributed by atoms with E-state index in [0.29, 0.717) is 28.2 Å². The first-order chi connectivity index (χ1) is 12.7. The van der Waals surface area contributed by atoms with Crippen LogP contribution in [0, 0.1) is 10.1 Å². The van der Waals surface area contributed by atoms with Gasteiger partial charge in [-0.15, -0.1) is 10.2 Å². The zero-order valence-electron chi connectivity index (χ0n) is 12.9. The van der Waals surface area contributed by atoms with E-state index in [0.717, 1.165) is 0 Å². The lowest BCUT2D eigenvalue weighted by Gasteiger charge is -1.94. The van der Waals surface area contributed by atoms with E-state index in [-0.39, 0.29) is 17.4 Å². The van der Waals surface area contributed by atoms with Gasteiger partial charge in [0, 0.05) is 17.7 Å². The molecule has 0 saturated carbocycles.